The van der Waals surface area contributed by atoms with E-state index < -0.39 is 0 Å². The number of anilines is 2. The standard InChI is InChI=1S/C20H22N2O2/c1-2-3-7-12-22-17-11-10-16(21)14-18(17)24-19(20(22)23)13-15-8-5-4-6-9-15/h4-6,8-11,13-14H,2-3,7,12,21H2,1H3/b19-13+. The van der Waals surface area contributed by atoms with Gasteiger partial charge >= 0.3 is 0 Å². The molecule has 0 aliphatic carbocycles. The molecule has 1 amide bonds. The maximum atomic E-state index is 12.9. The smallest absolute Gasteiger partial charge is 0.294 e. The predicted octanol–water partition coefficient (Wildman–Crippen LogP) is 4.23. The summed E-state index contributed by atoms with van der Waals surface area (Å²) in [6.07, 6.45) is 4.94. The van der Waals surface area contributed by atoms with Crippen molar-refractivity contribution < 1.29 is 9.53 Å². The van der Waals surface area contributed by atoms with E-state index in [4.69, 9.17) is 10.5 Å². The van der Waals surface area contributed by atoms with E-state index in [2.05, 4.69) is 6.92 Å². The number of hydrogen-bond donors (Lipinski definition) is 1. The number of amides is 1. The number of hydrogen-bond acceptors (Lipinski definition) is 3. The van der Waals surface area contributed by atoms with E-state index in [0.29, 0.717) is 23.7 Å². The van der Waals surface area contributed by atoms with E-state index in [0.717, 1.165) is 30.5 Å². The van der Waals surface area contributed by atoms with Gasteiger partial charge in [0.2, 0.25) is 0 Å². The Kier molecular flexibility index (Phi) is 4.85. The Morgan fingerprint density at radius 2 is 1.92 bits per heavy atom. The summed E-state index contributed by atoms with van der Waals surface area (Å²) in [5, 5.41) is 0. The molecule has 0 aromatic heterocycles. The van der Waals surface area contributed by atoms with Crippen molar-refractivity contribution in [2.45, 2.75) is 26.2 Å². The van der Waals surface area contributed by atoms with Crippen LogP contribution < -0.4 is 15.4 Å². The van der Waals surface area contributed by atoms with Gasteiger partial charge in [-0.05, 0) is 30.2 Å². The van der Waals surface area contributed by atoms with Gasteiger partial charge in [0.1, 0.15) is 0 Å². The van der Waals surface area contributed by atoms with Crippen molar-refractivity contribution in [1.82, 2.24) is 0 Å². The first kappa shape index (κ1) is 16.1. The summed E-state index contributed by atoms with van der Waals surface area (Å²) < 4.78 is 5.86. The summed E-state index contributed by atoms with van der Waals surface area (Å²) >= 11 is 0. The van der Waals surface area contributed by atoms with E-state index in [-0.39, 0.29) is 5.91 Å². The van der Waals surface area contributed by atoms with Crippen LogP contribution in [0, 0.1) is 0 Å². The molecule has 0 atom stereocenters. The Morgan fingerprint density at radius 1 is 1.12 bits per heavy atom. The molecule has 4 nitrogen and oxygen atoms in total. The molecule has 3 rings (SSSR count). The maximum Gasteiger partial charge on any atom is 0.294 e. The Morgan fingerprint density at radius 3 is 2.67 bits per heavy atom. The van der Waals surface area contributed by atoms with Crippen molar-refractivity contribution in [3.8, 4) is 5.75 Å². The molecule has 2 aromatic carbocycles. The minimum Gasteiger partial charge on any atom is -0.449 e. The zero-order valence-electron chi connectivity index (χ0n) is 13.9. The first-order valence-electron chi connectivity index (χ1n) is 8.35. The van der Waals surface area contributed by atoms with Crippen LogP contribution in [0.15, 0.2) is 54.3 Å². The third-order valence-electron chi connectivity index (χ3n) is 4.03. The molecule has 1 aliphatic heterocycles. The second-order valence-corrected chi connectivity index (χ2v) is 5.91. The highest BCUT2D eigenvalue weighted by atomic mass is 16.5. The quantitative estimate of drug-likeness (QED) is 0.509. The van der Waals surface area contributed by atoms with Crippen molar-refractivity contribution in [2.75, 3.05) is 17.2 Å². The fraction of sp³-hybridized carbons (Fsp3) is 0.250. The van der Waals surface area contributed by atoms with E-state index in [1.807, 2.05) is 36.4 Å². The number of nitrogen functional groups attached to an aromatic ring is 1. The highest BCUT2D eigenvalue weighted by Crippen LogP contribution is 2.37. The lowest BCUT2D eigenvalue weighted by atomic mass is 10.1. The molecule has 1 aliphatic rings. The van der Waals surface area contributed by atoms with Gasteiger partial charge in [0.15, 0.2) is 11.5 Å². The lowest BCUT2D eigenvalue weighted by Gasteiger charge is -2.30. The molecule has 0 spiro atoms. The van der Waals surface area contributed by atoms with Gasteiger partial charge in [0.05, 0.1) is 5.69 Å². The number of nitrogens with two attached hydrogens (primary N) is 1. The van der Waals surface area contributed by atoms with Gasteiger partial charge in [0, 0.05) is 18.3 Å². The molecule has 0 saturated carbocycles. The molecule has 2 aromatic rings. The summed E-state index contributed by atoms with van der Waals surface area (Å²) in [6, 6.07) is 15.1. The van der Waals surface area contributed by atoms with Crippen LogP contribution >= 0.6 is 0 Å². The lowest BCUT2D eigenvalue weighted by molar-refractivity contribution is -0.117. The molecule has 0 unspecified atom stereocenters. The number of carbonyl (C=O) groups is 1. The van der Waals surface area contributed by atoms with Gasteiger partial charge in [-0.2, -0.15) is 0 Å². The zero-order valence-corrected chi connectivity index (χ0v) is 13.9. The molecule has 4 heteroatoms. The minimum absolute atomic E-state index is 0.104. The lowest BCUT2D eigenvalue weighted by Crippen LogP contribution is -2.38. The highest BCUT2D eigenvalue weighted by molar-refractivity contribution is 6.10. The molecule has 0 fully saturated rings. The van der Waals surface area contributed by atoms with Gasteiger partial charge in [0.25, 0.3) is 5.91 Å². The second-order valence-electron chi connectivity index (χ2n) is 5.91. The summed E-state index contributed by atoms with van der Waals surface area (Å²) in [7, 11) is 0. The van der Waals surface area contributed by atoms with Gasteiger partial charge in [-0.25, -0.2) is 0 Å². The number of ether oxygens (including phenoxy) is 1. The van der Waals surface area contributed by atoms with Crippen molar-refractivity contribution in [2.24, 2.45) is 0 Å². The SMILES string of the molecule is CCCCCN1C(=O)/C(=C\c2ccccc2)Oc2cc(N)ccc21. The van der Waals surface area contributed by atoms with Crippen LogP contribution in [0.3, 0.4) is 0 Å². The molecular weight excluding hydrogens is 300 g/mol. The minimum atomic E-state index is -0.104. The Bertz CT molecular complexity index is 753. The number of benzene rings is 2. The number of nitrogens with zero attached hydrogens (tertiary/aromatic N) is 1. The number of unbranched alkanes of at least 4 members (excludes halogenated alkanes) is 2. The van der Waals surface area contributed by atoms with E-state index in [9.17, 15) is 4.79 Å². The Balaban J connectivity index is 1.96. The summed E-state index contributed by atoms with van der Waals surface area (Å²) in [6.45, 7) is 2.83. The summed E-state index contributed by atoms with van der Waals surface area (Å²) in [5.41, 5.74) is 8.22. The van der Waals surface area contributed by atoms with Gasteiger partial charge in [-0.1, -0.05) is 50.1 Å². The molecule has 124 valence electrons. The highest BCUT2D eigenvalue weighted by Gasteiger charge is 2.30. The average Bonchev–Trinajstić information content (AvgIpc) is 2.59. The molecule has 0 bridgehead atoms. The monoisotopic (exact) mass is 322 g/mol. The van der Waals surface area contributed by atoms with Crippen molar-refractivity contribution >= 4 is 23.4 Å². The van der Waals surface area contributed by atoms with E-state index in [1.54, 1.807) is 23.1 Å². The molecule has 24 heavy (non-hydrogen) atoms. The third kappa shape index (κ3) is 3.43. The summed E-state index contributed by atoms with van der Waals surface area (Å²) in [5.74, 6) is 0.858. The molecular formula is C20H22N2O2. The van der Waals surface area contributed by atoms with Gasteiger partial charge in [-0.3, -0.25) is 4.79 Å². The van der Waals surface area contributed by atoms with Crippen molar-refractivity contribution in [1.29, 1.82) is 0 Å². The summed E-state index contributed by atoms with van der Waals surface area (Å²) in [4.78, 5) is 14.7. The van der Waals surface area contributed by atoms with Crippen LogP contribution in [0.5, 0.6) is 5.75 Å². The maximum absolute atomic E-state index is 12.9. The largest absolute Gasteiger partial charge is 0.449 e. The topological polar surface area (TPSA) is 55.6 Å². The zero-order chi connectivity index (χ0) is 16.9. The molecule has 2 N–H and O–H groups in total. The second kappa shape index (κ2) is 7.21. The molecule has 0 radical (unpaired) electrons. The number of fused-ring (bicyclic) bond motifs is 1. The Labute approximate surface area is 142 Å². The number of rotatable bonds is 5. The van der Waals surface area contributed by atoms with Crippen molar-refractivity contribution in [3.63, 3.8) is 0 Å². The van der Waals surface area contributed by atoms with E-state index in [1.165, 1.54) is 0 Å². The fourth-order valence-corrected chi connectivity index (χ4v) is 2.77. The molecule has 1 heterocycles. The van der Waals surface area contributed by atoms with Crippen LogP contribution in [-0.4, -0.2) is 12.5 Å². The van der Waals surface area contributed by atoms with Crippen LogP contribution in [0.25, 0.3) is 6.08 Å². The van der Waals surface area contributed by atoms with Crippen molar-refractivity contribution in [3.05, 3.63) is 59.9 Å². The first-order valence-corrected chi connectivity index (χ1v) is 8.35. The van der Waals surface area contributed by atoms with Gasteiger partial charge in [-0.15, -0.1) is 0 Å². The van der Waals surface area contributed by atoms with Crippen LogP contribution in [0.1, 0.15) is 31.7 Å². The van der Waals surface area contributed by atoms with Crippen LogP contribution in [0.4, 0.5) is 11.4 Å². The van der Waals surface area contributed by atoms with Crippen LogP contribution in [0.2, 0.25) is 0 Å². The normalized spacial score (nSPS) is 15.3. The van der Waals surface area contributed by atoms with Crippen LogP contribution in [-0.2, 0) is 4.79 Å². The first-order chi connectivity index (χ1) is 11.7. The van der Waals surface area contributed by atoms with Gasteiger partial charge < -0.3 is 15.4 Å². The number of carbonyl (C=O) groups excluding carboxylic acids is 1. The average molecular weight is 322 g/mol. The van der Waals surface area contributed by atoms with E-state index >= 15 is 0 Å². The predicted molar refractivity (Wildman–Crippen MR) is 97.8 cm³/mol. The third-order valence-corrected chi connectivity index (χ3v) is 4.03. The fourth-order valence-electron chi connectivity index (χ4n) is 2.77. The Hall–Kier alpha value is -2.75. The molecule has 0 saturated heterocycles.